The van der Waals surface area contributed by atoms with Crippen molar-refractivity contribution in [2.75, 3.05) is 6.61 Å². The molecule has 0 radical (unpaired) electrons. The zero-order valence-electron chi connectivity index (χ0n) is 15.3. The molecule has 3 aromatic rings. The molecule has 0 spiro atoms. The lowest BCUT2D eigenvalue weighted by atomic mass is 9.97. The van der Waals surface area contributed by atoms with Crippen LogP contribution in [0.2, 0.25) is 0 Å². The number of hydrogen-bond acceptors (Lipinski definition) is 2. The third-order valence-corrected chi connectivity index (χ3v) is 4.35. The van der Waals surface area contributed by atoms with Gasteiger partial charge in [0.05, 0.1) is 6.04 Å². The van der Waals surface area contributed by atoms with Crippen molar-refractivity contribution in [3.8, 4) is 5.75 Å². The Morgan fingerprint density at radius 2 is 1.62 bits per heavy atom. The monoisotopic (exact) mass is 347 g/mol. The van der Waals surface area contributed by atoms with Crippen LogP contribution in [-0.4, -0.2) is 12.5 Å². The highest BCUT2D eigenvalue weighted by Gasteiger charge is 2.16. The molecule has 1 atom stereocenters. The fourth-order valence-electron chi connectivity index (χ4n) is 3.14. The quantitative estimate of drug-likeness (QED) is 0.644. The van der Waals surface area contributed by atoms with Crippen molar-refractivity contribution in [1.29, 1.82) is 0 Å². The Morgan fingerprint density at radius 1 is 0.923 bits per heavy atom. The Kier molecular flexibility index (Phi) is 5.90. The van der Waals surface area contributed by atoms with E-state index in [0.717, 1.165) is 28.5 Å². The predicted octanol–water partition coefficient (Wildman–Crippen LogP) is 5.12. The SMILES string of the molecule is CC(C)C[C@@H](NC(=O)COc1cccc2ccccc12)c1ccccc1. The summed E-state index contributed by atoms with van der Waals surface area (Å²) >= 11 is 0. The number of ether oxygens (including phenoxy) is 1. The van der Waals surface area contributed by atoms with Gasteiger partial charge in [0.15, 0.2) is 6.61 Å². The maximum atomic E-state index is 12.5. The normalized spacial score (nSPS) is 12.1. The Labute approximate surface area is 155 Å². The first-order chi connectivity index (χ1) is 12.6. The van der Waals surface area contributed by atoms with Crippen LogP contribution >= 0.6 is 0 Å². The summed E-state index contributed by atoms with van der Waals surface area (Å²) < 4.78 is 5.81. The van der Waals surface area contributed by atoms with Gasteiger partial charge in [0, 0.05) is 5.39 Å². The lowest BCUT2D eigenvalue weighted by Gasteiger charge is -2.21. The van der Waals surface area contributed by atoms with Crippen LogP contribution in [0.5, 0.6) is 5.75 Å². The van der Waals surface area contributed by atoms with E-state index in [9.17, 15) is 4.79 Å². The zero-order valence-corrected chi connectivity index (χ0v) is 15.3. The molecule has 0 unspecified atom stereocenters. The number of amides is 1. The van der Waals surface area contributed by atoms with Gasteiger partial charge in [0.1, 0.15) is 5.75 Å². The summed E-state index contributed by atoms with van der Waals surface area (Å²) in [6.45, 7) is 4.33. The second-order valence-corrected chi connectivity index (χ2v) is 6.93. The molecule has 3 aromatic carbocycles. The zero-order chi connectivity index (χ0) is 18.4. The van der Waals surface area contributed by atoms with Crippen molar-refractivity contribution in [1.82, 2.24) is 5.32 Å². The van der Waals surface area contributed by atoms with Gasteiger partial charge < -0.3 is 10.1 Å². The van der Waals surface area contributed by atoms with Crippen LogP contribution in [0.25, 0.3) is 10.8 Å². The summed E-state index contributed by atoms with van der Waals surface area (Å²) in [4.78, 5) is 12.5. The summed E-state index contributed by atoms with van der Waals surface area (Å²) in [5.74, 6) is 1.12. The maximum Gasteiger partial charge on any atom is 0.258 e. The van der Waals surface area contributed by atoms with Crippen LogP contribution in [-0.2, 0) is 4.79 Å². The first kappa shape index (κ1) is 18.0. The summed E-state index contributed by atoms with van der Waals surface area (Å²) in [5, 5.41) is 5.24. The molecule has 1 amide bonds. The smallest absolute Gasteiger partial charge is 0.258 e. The van der Waals surface area contributed by atoms with Crippen molar-refractivity contribution < 1.29 is 9.53 Å². The van der Waals surface area contributed by atoms with E-state index in [1.54, 1.807) is 0 Å². The van der Waals surface area contributed by atoms with Crippen molar-refractivity contribution >= 4 is 16.7 Å². The van der Waals surface area contributed by atoms with Gasteiger partial charge in [-0.2, -0.15) is 0 Å². The van der Waals surface area contributed by atoms with Gasteiger partial charge >= 0.3 is 0 Å². The van der Waals surface area contributed by atoms with Crippen molar-refractivity contribution in [2.24, 2.45) is 5.92 Å². The van der Waals surface area contributed by atoms with E-state index in [1.807, 2.05) is 60.7 Å². The molecular weight excluding hydrogens is 322 g/mol. The molecule has 1 N–H and O–H groups in total. The van der Waals surface area contributed by atoms with Crippen LogP contribution in [0.4, 0.5) is 0 Å². The van der Waals surface area contributed by atoms with E-state index >= 15 is 0 Å². The van der Waals surface area contributed by atoms with Gasteiger partial charge in [0.2, 0.25) is 0 Å². The minimum absolute atomic E-state index is 0.000169. The van der Waals surface area contributed by atoms with E-state index in [2.05, 4.69) is 31.3 Å². The molecule has 3 heteroatoms. The van der Waals surface area contributed by atoms with Crippen molar-refractivity contribution in [3.63, 3.8) is 0 Å². The summed E-state index contributed by atoms with van der Waals surface area (Å²) in [5.41, 5.74) is 1.12. The number of fused-ring (bicyclic) bond motifs is 1. The maximum absolute atomic E-state index is 12.5. The van der Waals surface area contributed by atoms with Crippen LogP contribution in [0.15, 0.2) is 72.8 Å². The van der Waals surface area contributed by atoms with Gasteiger partial charge in [-0.15, -0.1) is 0 Å². The van der Waals surface area contributed by atoms with Gasteiger partial charge in [-0.1, -0.05) is 80.6 Å². The molecule has 0 aromatic heterocycles. The Hall–Kier alpha value is -2.81. The highest BCUT2D eigenvalue weighted by Crippen LogP contribution is 2.25. The van der Waals surface area contributed by atoms with Gasteiger partial charge in [0.25, 0.3) is 5.91 Å². The second-order valence-electron chi connectivity index (χ2n) is 6.93. The molecule has 26 heavy (non-hydrogen) atoms. The van der Waals surface area contributed by atoms with Gasteiger partial charge in [-0.05, 0) is 29.4 Å². The third kappa shape index (κ3) is 4.63. The summed E-state index contributed by atoms with van der Waals surface area (Å²) in [6, 6.07) is 24.0. The van der Waals surface area contributed by atoms with Crippen LogP contribution in [0.1, 0.15) is 31.9 Å². The molecule has 0 saturated heterocycles. The van der Waals surface area contributed by atoms with Crippen LogP contribution in [0, 0.1) is 5.92 Å². The fraction of sp³-hybridized carbons (Fsp3) is 0.261. The van der Waals surface area contributed by atoms with Crippen LogP contribution < -0.4 is 10.1 Å². The number of rotatable bonds is 7. The fourth-order valence-corrected chi connectivity index (χ4v) is 3.14. The summed E-state index contributed by atoms with van der Waals surface area (Å²) in [7, 11) is 0. The number of carbonyl (C=O) groups is 1. The number of hydrogen-bond donors (Lipinski definition) is 1. The molecule has 0 aliphatic rings. The first-order valence-electron chi connectivity index (χ1n) is 9.08. The molecule has 0 aliphatic carbocycles. The molecule has 3 rings (SSSR count). The second kappa shape index (κ2) is 8.52. The highest BCUT2D eigenvalue weighted by atomic mass is 16.5. The van der Waals surface area contributed by atoms with E-state index in [1.165, 1.54) is 0 Å². The lowest BCUT2D eigenvalue weighted by molar-refractivity contribution is -0.123. The molecule has 0 aliphatic heterocycles. The predicted molar refractivity (Wildman–Crippen MR) is 106 cm³/mol. The average molecular weight is 347 g/mol. The number of carbonyl (C=O) groups excluding carboxylic acids is 1. The number of nitrogens with one attached hydrogen (secondary N) is 1. The molecule has 3 nitrogen and oxygen atoms in total. The Bertz CT molecular complexity index is 853. The van der Waals surface area contributed by atoms with Gasteiger partial charge in [-0.25, -0.2) is 0 Å². The van der Waals surface area contributed by atoms with Crippen molar-refractivity contribution in [2.45, 2.75) is 26.3 Å². The molecule has 0 heterocycles. The van der Waals surface area contributed by atoms with Crippen molar-refractivity contribution in [3.05, 3.63) is 78.4 Å². The standard InChI is InChI=1S/C23H25NO2/c1-17(2)15-21(19-10-4-3-5-11-19)24-23(25)16-26-22-14-8-12-18-9-6-7-13-20(18)22/h3-14,17,21H,15-16H2,1-2H3,(H,24,25)/t21-/m1/s1. The first-order valence-corrected chi connectivity index (χ1v) is 9.08. The minimum Gasteiger partial charge on any atom is -0.483 e. The minimum atomic E-state index is -0.104. The topological polar surface area (TPSA) is 38.3 Å². The Balaban J connectivity index is 1.66. The largest absolute Gasteiger partial charge is 0.483 e. The Morgan fingerprint density at radius 3 is 2.38 bits per heavy atom. The van der Waals surface area contributed by atoms with E-state index in [-0.39, 0.29) is 18.6 Å². The summed E-state index contributed by atoms with van der Waals surface area (Å²) in [6.07, 6.45) is 0.893. The molecular formula is C23H25NO2. The van der Waals surface area contributed by atoms with E-state index in [0.29, 0.717) is 5.92 Å². The highest BCUT2D eigenvalue weighted by molar-refractivity contribution is 5.88. The molecule has 0 fully saturated rings. The van der Waals surface area contributed by atoms with E-state index in [4.69, 9.17) is 4.74 Å². The van der Waals surface area contributed by atoms with E-state index < -0.39 is 0 Å². The van der Waals surface area contributed by atoms with Gasteiger partial charge in [-0.3, -0.25) is 4.79 Å². The van der Waals surface area contributed by atoms with Crippen LogP contribution in [0.3, 0.4) is 0 Å². The average Bonchev–Trinajstić information content (AvgIpc) is 2.66. The molecule has 0 bridgehead atoms. The molecule has 0 saturated carbocycles. The number of benzene rings is 3. The third-order valence-electron chi connectivity index (χ3n) is 4.35. The molecule has 134 valence electrons. The lowest BCUT2D eigenvalue weighted by Crippen LogP contribution is -2.33.